The predicted molar refractivity (Wildman–Crippen MR) is 118 cm³/mol. The van der Waals surface area contributed by atoms with Gasteiger partial charge in [-0.05, 0) is 55.2 Å². The predicted octanol–water partition coefficient (Wildman–Crippen LogP) is 4.58. The number of ether oxygens (including phenoxy) is 1. The lowest BCUT2D eigenvalue weighted by atomic mass is 9.79. The summed E-state index contributed by atoms with van der Waals surface area (Å²) in [6, 6.07) is 10.5. The molecule has 0 N–H and O–H groups in total. The van der Waals surface area contributed by atoms with E-state index in [1.165, 1.54) is 35.0 Å². The molecule has 0 unspecified atom stereocenters. The van der Waals surface area contributed by atoms with E-state index in [0.717, 1.165) is 12.6 Å². The molecule has 1 saturated heterocycles. The first-order valence-electron chi connectivity index (χ1n) is 11.1. The van der Waals surface area contributed by atoms with Gasteiger partial charge in [0.25, 0.3) is 5.91 Å². The molecule has 2 aromatic carbocycles. The molecule has 0 bridgehead atoms. The Kier molecular flexibility index (Phi) is 5.61. The molecular weight excluding hydrogens is 466 g/mol. The number of rotatable bonds is 4. The third-order valence-corrected chi connectivity index (χ3v) is 6.71. The van der Waals surface area contributed by atoms with Crippen molar-refractivity contribution >= 4 is 5.91 Å². The third kappa shape index (κ3) is 4.17. The topological polar surface area (TPSA) is 64.4 Å². The van der Waals surface area contributed by atoms with Gasteiger partial charge in [0.1, 0.15) is 17.3 Å². The number of alkyl halides is 3. The van der Waals surface area contributed by atoms with Crippen LogP contribution in [0.3, 0.4) is 0 Å². The Balaban J connectivity index is 1.73. The highest BCUT2D eigenvalue weighted by Crippen LogP contribution is 2.45. The Hall–Kier alpha value is -3.69. The Morgan fingerprint density at radius 3 is 2.54 bits per heavy atom. The quantitative estimate of drug-likeness (QED) is 0.506. The van der Waals surface area contributed by atoms with E-state index in [1.807, 2.05) is 0 Å². The van der Waals surface area contributed by atoms with Crippen LogP contribution in [0, 0.1) is 12.7 Å². The van der Waals surface area contributed by atoms with Gasteiger partial charge in [0.2, 0.25) is 5.43 Å². The first kappa shape index (κ1) is 23.1. The molecule has 2 aliphatic heterocycles. The highest BCUT2D eigenvalue weighted by molar-refractivity contribution is 5.95. The maximum absolute atomic E-state index is 13.8. The van der Waals surface area contributed by atoms with Crippen molar-refractivity contribution in [3.05, 3.63) is 93.2 Å². The Labute approximate surface area is 197 Å². The minimum Gasteiger partial charge on any atom is -0.406 e. The van der Waals surface area contributed by atoms with Gasteiger partial charge in [0, 0.05) is 18.0 Å². The first-order chi connectivity index (χ1) is 16.6. The number of nitrogens with zero attached hydrogens (tertiary/aromatic N) is 3. The second-order valence-electron chi connectivity index (χ2n) is 8.78. The molecule has 1 fully saturated rings. The molecule has 3 atom stereocenters. The fourth-order valence-corrected chi connectivity index (χ4v) is 5.27. The average molecular weight is 487 g/mol. The number of aromatic nitrogens is 2. The summed E-state index contributed by atoms with van der Waals surface area (Å²) in [5, 5.41) is 4.31. The molecule has 3 heterocycles. The van der Waals surface area contributed by atoms with Crippen LogP contribution in [-0.4, -0.2) is 39.5 Å². The van der Waals surface area contributed by atoms with Gasteiger partial charge in [-0.2, -0.15) is 5.10 Å². The van der Waals surface area contributed by atoms with Gasteiger partial charge in [0.05, 0.1) is 18.3 Å². The van der Waals surface area contributed by atoms with E-state index in [1.54, 1.807) is 30.0 Å². The largest absolute Gasteiger partial charge is 0.573 e. The highest BCUT2D eigenvalue weighted by Gasteiger charge is 2.47. The monoisotopic (exact) mass is 487 g/mol. The van der Waals surface area contributed by atoms with Gasteiger partial charge in [0.15, 0.2) is 0 Å². The number of halogens is 4. The summed E-state index contributed by atoms with van der Waals surface area (Å²) in [6.07, 6.45) is -2.33. The lowest BCUT2D eigenvalue weighted by Gasteiger charge is -2.43. The van der Waals surface area contributed by atoms with Gasteiger partial charge in [-0.15, -0.1) is 13.2 Å². The zero-order chi connectivity index (χ0) is 24.9. The molecule has 0 spiro atoms. The number of carbonyl (C=O) groups excluding carboxylic acids is 1. The average Bonchev–Trinajstić information content (AvgIpc) is 3.29. The van der Waals surface area contributed by atoms with Crippen molar-refractivity contribution in [3.63, 3.8) is 0 Å². The molecule has 35 heavy (non-hydrogen) atoms. The van der Waals surface area contributed by atoms with E-state index in [-0.39, 0.29) is 34.4 Å². The van der Waals surface area contributed by atoms with Gasteiger partial charge < -0.3 is 9.64 Å². The van der Waals surface area contributed by atoms with Crippen LogP contribution in [0.2, 0.25) is 0 Å². The summed E-state index contributed by atoms with van der Waals surface area (Å²) in [4.78, 5) is 27.4. The van der Waals surface area contributed by atoms with Crippen LogP contribution in [0.1, 0.15) is 52.0 Å². The molecule has 2 aliphatic rings. The number of carbonyl (C=O) groups is 1. The van der Waals surface area contributed by atoms with Gasteiger partial charge in [-0.1, -0.05) is 24.3 Å². The van der Waals surface area contributed by atoms with Crippen molar-refractivity contribution in [3.8, 4) is 5.75 Å². The Morgan fingerprint density at radius 2 is 1.83 bits per heavy atom. The summed E-state index contributed by atoms with van der Waals surface area (Å²) < 4.78 is 58.3. The van der Waals surface area contributed by atoms with Crippen molar-refractivity contribution in [2.75, 3.05) is 6.54 Å². The fraction of sp³-hybridized carbons (Fsp3) is 0.320. The van der Waals surface area contributed by atoms with Crippen LogP contribution in [0.15, 0.2) is 59.5 Å². The van der Waals surface area contributed by atoms with Crippen LogP contribution in [0.25, 0.3) is 0 Å². The summed E-state index contributed by atoms with van der Waals surface area (Å²) >= 11 is 0. The molecule has 3 aromatic rings. The number of hydrogen-bond donors (Lipinski definition) is 0. The molecule has 1 aromatic heterocycles. The maximum Gasteiger partial charge on any atom is 0.573 e. The molecule has 6 nitrogen and oxygen atoms in total. The lowest BCUT2D eigenvalue weighted by molar-refractivity contribution is -0.274. The second-order valence-corrected chi connectivity index (χ2v) is 8.78. The number of benzene rings is 2. The van der Waals surface area contributed by atoms with E-state index in [0.29, 0.717) is 24.1 Å². The normalized spacial score (nSPS) is 20.4. The van der Waals surface area contributed by atoms with E-state index in [4.69, 9.17) is 0 Å². The molecule has 182 valence electrons. The first-order valence-corrected chi connectivity index (χ1v) is 11.1. The minimum atomic E-state index is -4.87. The smallest absolute Gasteiger partial charge is 0.406 e. The molecule has 0 saturated carbocycles. The fourth-order valence-electron chi connectivity index (χ4n) is 5.27. The number of fused-ring (bicyclic) bond motifs is 2. The SMILES string of the molecule is Cc1c2n(ncc1=O)[C@@H]([C@@H](c1ccc(F)cc1)c1cccc(OC(F)(F)F)c1)[C@H]1CCCN1C2=O. The van der Waals surface area contributed by atoms with Crippen molar-refractivity contribution in [2.24, 2.45) is 0 Å². The molecule has 0 radical (unpaired) electrons. The second kappa shape index (κ2) is 8.51. The number of amides is 1. The van der Waals surface area contributed by atoms with Crippen molar-refractivity contribution in [2.45, 2.75) is 44.1 Å². The molecular formula is C25H21F4N3O3. The Morgan fingerprint density at radius 1 is 1.09 bits per heavy atom. The van der Waals surface area contributed by atoms with Crippen LogP contribution in [-0.2, 0) is 0 Å². The zero-order valence-electron chi connectivity index (χ0n) is 18.6. The van der Waals surface area contributed by atoms with E-state index in [2.05, 4.69) is 9.84 Å². The summed E-state index contributed by atoms with van der Waals surface area (Å²) in [5.74, 6) is -1.75. The summed E-state index contributed by atoms with van der Waals surface area (Å²) in [7, 11) is 0. The van der Waals surface area contributed by atoms with Gasteiger partial charge in [-0.25, -0.2) is 4.39 Å². The zero-order valence-corrected chi connectivity index (χ0v) is 18.6. The van der Waals surface area contributed by atoms with Gasteiger partial charge >= 0.3 is 6.36 Å². The molecule has 1 amide bonds. The maximum atomic E-state index is 13.8. The standard InChI is InChI=1S/C25H21F4N3O3/c1-14-20(33)13-30-32-22(14)24(34)31-11-3-6-19(31)23(32)21(15-7-9-17(26)10-8-15)16-4-2-5-18(12-16)35-25(27,28)29/h2,4-5,7-10,12-13,19,21,23H,3,6,11H2,1H3/t19-,21+,23-/m1/s1. The van der Waals surface area contributed by atoms with Crippen molar-refractivity contribution < 1.29 is 27.1 Å². The third-order valence-electron chi connectivity index (χ3n) is 6.71. The molecule has 0 aliphatic carbocycles. The van der Waals surface area contributed by atoms with Gasteiger partial charge in [-0.3, -0.25) is 14.3 Å². The van der Waals surface area contributed by atoms with E-state index < -0.39 is 24.1 Å². The van der Waals surface area contributed by atoms with Crippen LogP contribution >= 0.6 is 0 Å². The highest BCUT2D eigenvalue weighted by atomic mass is 19.4. The van der Waals surface area contributed by atoms with E-state index >= 15 is 0 Å². The van der Waals surface area contributed by atoms with E-state index in [9.17, 15) is 27.2 Å². The minimum absolute atomic E-state index is 0.162. The summed E-state index contributed by atoms with van der Waals surface area (Å²) in [6.45, 7) is 2.06. The van der Waals surface area contributed by atoms with Crippen molar-refractivity contribution in [1.82, 2.24) is 14.7 Å². The van der Waals surface area contributed by atoms with Crippen LogP contribution < -0.4 is 10.2 Å². The summed E-state index contributed by atoms with van der Waals surface area (Å²) in [5.41, 5.74) is 1.15. The number of hydrogen-bond acceptors (Lipinski definition) is 4. The Bertz CT molecular complexity index is 1340. The molecule has 5 rings (SSSR count). The van der Waals surface area contributed by atoms with Crippen LogP contribution in [0.5, 0.6) is 5.75 Å². The van der Waals surface area contributed by atoms with Crippen LogP contribution in [0.4, 0.5) is 17.6 Å². The lowest BCUT2D eigenvalue weighted by Crippen LogP contribution is -2.51. The van der Waals surface area contributed by atoms with Crippen molar-refractivity contribution in [1.29, 1.82) is 0 Å². The molecule has 10 heteroatoms.